The van der Waals surface area contributed by atoms with Gasteiger partial charge in [0, 0.05) is 16.3 Å². The maximum Gasteiger partial charge on any atom is 0.262 e. The molecule has 1 aliphatic heterocycles. The lowest BCUT2D eigenvalue weighted by molar-refractivity contribution is -0.118. The van der Waals surface area contributed by atoms with E-state index in [9.17, 15) is 9.59 Å². The van der Waals surface area contributed by atoms with E-state index in [0.717, 1.165) is 11.3 Å². The maximum atomic E-state index is 12.5. The summed E-state index contributed by atoms with van der Waals surface area (Å²) in [6.07, 6.45) is 0. The molecule has 0 saturated heterocycles. The van der Waals surface area contributed by atoms with Gasteiger partial charge < -0.3 is 15.4 Å². The number of anilines is 3. The van der Waals surface area contributed by atoms with Crippen molar-refractivity contribution in [2.24, 2.45) is 0 Å². The number of hydrogen-bond acceptors (Lipinski definition) is 8. The Labute approximate surface area is 179 Å². The van der Waals surface area contributed by atoms with E-state index >= 15 is 0 Å². The summed E-state index contributed by atoms with van der Waals surface area (Å²) in [5, 5.41) is 15.4. The first-order valence-corrected chi connectivity index (χ1v) is 10.8. The second kappa shape index (κ2) is 8.40. The molecular weight excluding hydrogens is 432 g/mol. The zero-order chi connectivity index (χ0) is 20.4. The van der Waals surface area contributed by atoms with E-state index in [1.165, 1.54) is 23.1 Å². The van der Waals surface area contributed by atoms with Crippen LogP contribution in [0.2, 0.25) is 5.02 Å². The van der Waals surface area contributed by atoms with Gasteiger partial charge >= 0.3 is 0 Å². The van der Waals surface area contributed by atoms with Gasteiger partial charge in [-0.3, -0.25) is 9.59 Å². The number of carbonyl (C=O) groups is 2. The van der Waals surface area contributed by atoms with Crippen molar-refractivity contribution in [1.29, 1.82) is 0 Å². The third kappa shape index (κ3) is 4.69. The molecule has 0 spiro atoms. The first-order valence-electron chi connectivity index (χ1n) is 8.57. The van der Waals surface area contributed by atoms with E-state index < -0.39 is 0 Å². The van der Waals surface area contributed by atoms with Crippen LogP contribution in [0, 0.1) is 6.92 Å². The molecule has 3 aromatic rings. The Morgan fingerprint density at radius 3 is 3.00 bits per heavy atom. The zero-order valence-corrected chi connectivity index (χ0v) is 17.6. The third-order valence-corrected chi connectivity index (χ3v) is 6.47. The van der Waals surface area contributed by atoms with Crippen molar-refractivity contribution >= 4 is 62.9 Å². The Kier molecular flexibility index (Phi) is 5.70. The second-order valence-electron chi connectivity index (χ2n) is 6.22. The Morgan fingerprint density at radius 2 is 2.17 bits per heavy atom. The Morgan fingerprint density at radius 1 is 1.31 bits per heavy atom. The molecule has 2 N–H and O–H groups in total. The van der Waals surface area contributed by atoms with Crippen molar-refractivity contribution in [1.82, 2.24) is 10.2 Å². The highest BCUT2D eigenvalue weighted by atomic mass is 35.5. The standard InChI is InChI=1S/C19H15ClN4O3S2/c1-10-2-4-12(7-13(10)20)21-18-23-24-19(29-18)28-9-15(25)11-3-5-16-14(6-11)22-17(26)8-27-16/h2-7H,8-9H2,1H3,(H,21,23)(H,22,26). The van der Waals surface area contributed by atoms with Gasteiger partial charge in [-0.1, -0.05) is 40.8 Å². The van der Waals surface area contributed by atoms with Crippen molar-refractivity contribution in [3.8, 4) is 5.75 Å². The molecule has 2 aromatic carbocycles. The van der Waals surface area contributed by atoms with Crippen molar-refractivity contribution in [2.45, 2.75) is 11.3 Å². The van der Waals surface area contributed by atoms with E-state index in [2.05, 4.69) is 20.8 Å². The van der Waals surface area contributed by atoms with Gasteiger partial charge in [-0.05, 0) is 42.8 Å². The lowest BCUT2D eigenvalue weighted by Crippen LogP contribution is -2.25. The molecule has 0 saturated carbocycles. The summed E-state index contributed by atoms with van der Waals surface area (Å²) in [6.45, 7) is 1.92. The molecule has 2 heterocycles. The summed E-state index contributed by atoms with van der Waals surface area (Å²) in [4.78, 5) is 23.9. The molecule has 10 heteroatoms. The molecule has 0 radical (unpaired) electrons. The van der Waals surface area contributed by atoms with Gasteiger partial charge in [0.25, 0.3) is 5.91 Å². The van der Waals surface area contributed by atoms with E-state index in [4.69, 9.17) is 16.3 Å². The van der Waals surface area contributed by atoms with Crippen LogP contribution in [0.15, 0.2) is 40.7 Å². The molecule has 0 unspecified atom stereocenters. The Balaban J connectivity index is 1.37. The fraction of sp³-hybridized carbons (Fsp3) is 0.158. The van der Waals surface area contributed by atoms with Gasteiger partial charge in [-0.2, -0.15) is 0 Å². The smallest absolute Gasteiger partial charge is 0.262 e. The monoisotopic (exact) mass is 446 g/mol. The van der Waals surface area contributed by atoms with Crippen molar-refractivity contribution < 1.29 is 14.3 Å². The number of Topliss-reactive ketones (excluding diaryl/α,β-unsaturated/α-hetero) is 1. The molecule has 148 valence electrons. The highest BCUT2D eigenvalue weighted by Crippen LogP contribution is 2.31. The molecule has 1 aromatic heterocycles. The normalized spacial score (nSPS) is 12.7. The first kappa shape index (κ1) is 19.7. The molecule has 0 bridgehead atoms. The van der Waals surface area contributed by atoms with Crippen LogP contribution in [0.25, 0.3) is 0 Å². The number of hydrogen-bond donors (Lipinski definition) is 2. The lowest BCUT2D eigenvalue weighted by atomic mass is 10.1. The molecule has 4 rings (SSSR count). The van der Waals surface area contributed by atoms with E-state index in [0.29, 0.717) is 31.5 Å². The molecule has 7 nitrogen and oxygen atoms in total. The fourth-order valence-electron chi connectivity index (χ4n) is 2.58. The van der Waals surface area contributed by atoms with Gasteiger partial charge in [0.2, 0.25) is 5.13 Å². The zero-order valence-electron chi connectivity index (χ0n) is 15.2. The molecule has 0 fully saturated rings. The van der Waals surface area contributed by atoms with Crippen molar-refractivity contribution in [3.05, 3.63) is 52.5 Å². The number of ether oxygens (including phenoxy) is 1. The number of benzene rings is 2. The molecular formula is C19H15ClN4O3S2. The molecule has 0 aliphatic carbocycles. The number of thioether (sulfide) groups is 1. The number of fused-ring (bicyclic) bond motifs is 1. The highest BCUT2D eigenvalue weighted by Gasteiger charge is 2.18. The van der Waals surface area contributed by atoms with Gasteiger partial charge in [0.1, 0.15) is 5.75 Å². The van der Waals surface area contributed by atoms with Crippen LogP contribution in [0.3, 0.4) is 0 Å². The predicted molar refractivity (Wildman–Crippen MR) is 115 cm³/mol. The molecule has 29 heavy (non-hydrogen) atoms. The van der Waals surface area contributed by atoms with Crippen LogP contribution in [-0.2, 0) is 4.79 Å². The fourth-order valence-corrected chi connectivity index (χ4v) is 4.43. The maximum absolute atomic E-state index is 12.5. The van der Waals surface area contributed by atoms with Crippen LogP contribution in [0.5, 0.6) is 5.75 Å². The first-order chi connectivity index (χ1) is 14.0. The van der Waals surface area contributed by atoms with Crippen LogP contribution in [-0.4, -0.2) is 34.2 Å². The minimum atomic E-state index is -0.236. The molecule has 1 aliphatic rings. The van der Waals surface area contributed by atoms with Crippen molar-refractivity contribution in [3.63, 3.8) is 0 Å². The SMILES string of the molecule is Cc1ccc(Nc2nnc(SCC(=O)c3ccc4c(c3)NC(=O)CO4)s2)cc1Cl. The molecule has 1 amide bonds. The van der Waals surface area contributed by atoms with Gasteiger partial charge in [0.15, 0.2) is 16.7 Å². The number of carbonyl (C=O) groups excluding carboxylic acids is 2. The number of nitrogens with one attached hydrogen (secondary N) is 2. The summed E-state index contributed by atoms with van der Waals surface area (Å²) < 4.78 is 5.98. The number of rotatable bonds is 6. The van der Waals surface area contributed by atoms with Crippen LogP contribution in [0.1, 0.15) is 15.9 Å². The van der Waals surface area contributed by atoms with Crippen LogP contribution < -0.4 is 15.4 Å². The Hall–Kier alpha value is -2.62. The number of halogens is 1. The van der Waals surface area contributed by atoms with Crippen LogP contribution >= 0.6 is 34.7 Å². The quantitative estimate of drug-likeness (QED) is 0.423. The van der Waals surface area contributed by atoms with Crippen molar-refractivity contribution in [2.75, 3.05) is 23.0 Å². The number of ketones is 1. The number of aromatic nitrogens is 2. The number of nitrogens with zero attached hydrogens (tertiary/aromatic N) is 2. The Bertz CT molecular complexity index is 1100. The minimum absolute atomic E-state index is 0.0155. The second-order valence-corrected chi connectivity index (χ2v) is 8.83. The molecule has 0 atom stereocenters. The minimum Gasteiger partial charge on any atom is -0.482 e. The topological polar surface area (TPSA) is 93.2 Å². The van der Waals surface area contributed by atoms with Gasteiger partial charge in [0.05, 0.1) is 11.4 Å². The average Bonchev–Trinajstić information content (AvgIpc) is 3.15. The summed E-state index contributed by atoms with van der Waals surface area (Å²) in [5.74, 6) is 0.455. The van der Waals surface area contributed by atoms with Gasteiger partial charge in [-0.15, -0.1) is 10.2 Å². The van der Waals surface area contributed by atoms with E-state index in [-0.39, 0.29) is 24.1 Å². The number of amides is 1. The highest BCUT2D eigenvalue weighted by molar-refractivity contribution is 8.01. The van der Waals surface area contributed by atoms with E-state index in [1.807, 2.05) is 25.1 Å². The number of aryl methyl sites for hydroxylation is 1. The van der Waals surface area contributed by atoms with E-state index in [1.54, 1.807) is 18.2 Å². The lowest BCUT2D eigenvalue weighted by Gasteiger charge is -2.18. The summed E-state index contributed by atoms with van der Waals surface area (Å²) >= 11 is 8.80. The average molecular weight is 447 g/mol. The summed E-state index contributed by atoms with van der Waals surface area (Å²) in [6, 6.07) is 10.7. The summed E-state index contributed by atoms with van der Waals surface area (Å²) in [5.41, 5.74) is 2.83. The van der Waals surface area contributed by atoms with Gasteiger partial charge in [-0.25, -0.2) is 0 Å². The summed E-state index contributed by atoms with van der Waals surface area (Å²) in [7, 11) is 0. The third-order valence-electron chi connectivity index (χ3n) is 4.09. The predicted octanol–water partition coefficient (Wildman–Crippen LogP) is 4.55. The van der Waals surface area contributed by atoms with Crippen LogP contribution in [0.4, 0.5) is 16.5 Å². The largest absolute Gasteiger partial charge is 0.482 e.